The van der Waals surface area contributed by atoms with Crippen LogP contribution in [0.3, 0.4) is 0 Å². The van der Waals surface area contributed by atoms with Crippen molar-refractivity contribution < 1.29 is 19.1 Å². The molecule has 0 aliphatic carbocycles. The predicted octanol–water partition coefficient (Wildman–Crippen LogP) is 3.30. The van der Waals surface area contributed by atoms with Gasteiger partial charge in [-0.05, 0) is 43.5 Å². The molecule has 1 fully saturated rings. The quantitative estimate of drug-likeness (QED) is 0.943. The fraction of sp³-hybridized carbons (Fsp3) is 0.333. The zero-order valence-corrected chi connectivity index (χ0v) is 13.2. The molecule has 23 heavy (non-hydrogen) atoms. The second-order valence-corrected chi connectivity index (χ2v) is 6.06. The van der Waals surface area contributed by atoms with Crippen LogP contribution in [-0.2, 0) is 0 Å². The molecule has 1 saturated heterocycles. The minimum Gasteiger partial charge on any atom is -0.475 e. The monoisotopic (exact) mass is 313 g/mol. The zero-order valence-electron chi connectivity index (χ0n) is 13.2. The second kappa shape index (κ2) is 5.91. The molecule has 1 amide bonds. The Morgan fingerprint density at radius 2 is 1.87 bits per heavy atom. The second-order valence-electron chi connectivity index (χ2n) is 6.06. The van der Waals surface area contributed by atoms with Crippen LogP contribution in [0, 0.1) is 6.92 Å². The molecule has 5 heteroatoms. The maximum atomic E-state index is 12.6. The Bertz CT molecular complexity index is 749. The van der Waals surface area contributed by atoms with Crippen LogP contribution in [0.15, 0.2) is 40.8 Å². The maximum Gasteiger partial charge on any atom is 0.371 e. The highest BCUT2D eigenvalue weighted by atomic mass is 16.4. The molecule has 0 spiro atoms. The molecule has 1 aliphatic rings. The van der Waals surface area contributed by atoms with Crippen molar-refractivity contribution in [2.45, 2.75) is 32.2 Å². The van der Waals surface area contributed by atoms with Gasteiger partial charge in [-0.15, -0.1) is 0 Å². The van der Waals surface area contributed by atoms with E-state index in [1.165, 1.54) is 23.3 Å². The van der Waals surface area contributed by atoms with Crippen LogP contribution in [0.1, 0.15) is 51.5 Å². The summed E-state index contributed by atoms with van der Waals surface area (Å²) in [5.41, 5.74) is 2.49. The van der Waals surface area contributed by atoms with Gasteiger partial charge in [0.1, 0.15) is 0 Å². The van der Waals surface area contributed by atoms with Crippen LogP contribution < -0.4 is 0 Å². The van der Waals surface area contributed by atoms with E-state index in [4.69, 9.17) is 9.52 Å². The third-order valence-corrected chi connectivity index (χ3v) is 4.49. The van der Waals surface area contributed by atoms with E-state index in [0.29, 0.717) is 12.5 Å². The topological polar surface area (TPSA) is 70.8 Å². The first-order chi connectivity index (χ1) is 11.0. The predicted molar refractivity (Wildman–Crippen MR) is 84.7 cm³/mol. The van der Waals surface area contributed by atoms with Gasteiger partial charge in [0, 0.05) is 18.5 Å². The van der Waals surface area contributed by atoms with Gasteiger partial charge in [-0.1, -0.05) is 24.3 Å². The van der Waals surface area contributed by atoms with Crippen LogP contribution in [0.25, 0.3) is 0 Å². The van der Waals surface area contributed by atoms with Gasteiger partial charge < -0.3 is 14.4 Å². The average molecular weight is 313 g/mol. The van der Waals surface area contributed by atoms with Crippen molar-refractivity contribution in [3.05, 3.63) is 59.0 Å². The highest BCUT2D eigenvalue weighted by Crippen LogP contribution is 2.34. The molecule has 5 nitrogen and oxygen atoms in total. The van der Waals surface area contributed by atoms with E-state index in [9.17, 15) is 9.59 Å². The standard InChI is InChI=1S/C18H19NO4/c1-11-5-3-4-6-14(11)13-9-12(2)19(10-13)17(20)15-7-8-16(23-15)18(21)22/h3-8,12-13H,9-10H2,1-2H3,(H,21,22). The number of benzene rings is 1. The number of hydrogen-bond acceptors (Lipinski definition) is 3. The molecule has 0 saturated carbocycles. The number of furan rings is 1. The minimum absolute atomic E-state index is 0.0830. The summed E-state index contributed by atoms with van der Waals surface area (Å²) >= 11 is 0. The van der Waals surface area contributed by atoms with E-state index >= 15 is 0 Å². The van der Waals surface area contributed by atoms with Crippen molar-refractivity contribution >= 4 is 11.9 Å². The van der Waals surface area contributed by atoms with Crippen molar-refractivity contribution in [2.75, 3.05) is 6.54 Å². The van der Waals surface area contributed by atoms with E-state index in [2.05, 4.69) is 19.1 Å². The van der Waals surface area contributed by atoms with Crippen molar-refractivity contribution in [3.8, 4) is 0 Å². The molecule has 0 radical (unpaired) electrons. The van der Waals surface area contributed by atoms with Crippen molar-refractivity contribution in [1.29, 1.82) is 0 Å². The number of amides is 1. The first kappa shape index (κ1) is 15.3. The summed E-state index contributed by atoms with van der Waals surface area (Å²) in [7, 11) is 0. The Morgan fingerprint density at radius 1 is 1.17 bits per heavy atom. The maximum absolute atomic E-state index is 12.6. The molecule has 2 unspecified atom stereocenters. The molecule has 2 atom stereocenters. The number of carboxylic acid groups (broad SMARTS) is 1. The number of hydrogen-bond donors (Lipinski definition) is 1. The summed E-state index contributed by atoms with van der Waals surface area (Å²) in [5.74, 6) is -1.25. The number of rotatable bonds is 3. The highest BCUT2D eigenvalue weighted by molar-refractivity contribution is 5.94. The fourth-order valence-corrected chi connectivity index (χ4v) is 3.29. The van der Waals surface area contributed by atoms with Gasteiger partial charge in [-0.2, -0.15) is 0 Å². The molecule has 1 aliphatic heterocycles. The lowest BCUT2D eigenvalue weighted by Crippen LogP contribution is -2.33. The number of likely N-dealkylation sites (tertiary alicyclic amines) is 1. The first-order valence-corrected chi connectivity index (χ1v) is 7.67. The lowest BCUT2D eigenvalue weighted by molar-refractivity contribution is 0.0648. The Balaban J connectivity index is 1.79. The molecular weight excluding hydrogens is 294 g/mol. The third kappa shape index (κ3) is 2.86. The fourth-order valence-electron chi connectivity index (χ4n) is 3.29. The number of aryl methyl sites for hydroxylation is 1. The summed E-state index contributed by atoms with van der Waals surface area (Å²) < 4.78 is 5.14. The van der Waals surface area contributed by atoms with Gasteiger partial charge in [0.25, 0.3) is 5.91 Å². The van der Waals surface area contributed by atoms with Gasteiger partial charge in [0.15, 0.2) is 5.76 Å². The van der Waals surface area contributed by atoms with E-state index in [1.54, 1.807) is 4.90 Å². The Morgan fingerprint density at radius 3 is 2.52 bits per heavy atom. The van der Waals surface area contributed by atoms with E-state index < -0.39 is 5.97 Å². The number of nitrogens with zero attached hydrogens (tertiary/aromatic N) is 1. The normalized spacial score (nSPS) is 20.7. The number of carbonyl (C=O) groups is 2. The van der Waals surface area contributed by atoms with Crippen LogP contribution >= 0.6 is 0 Å². The highest BCUT2D eigenvalue weighted by Gasteiger charge is 2.35. The number of aromatic carboxylic acids is 1. The SMILES string of the molecule is Cc1ccccc1C1CC(C)N(C(=O)c2ccc(C(=O)O)o2)C1. The largest absolute Gasteiger partial charge is 0.475 e. The number of carbonyl (C=O) groups excluding carboxylic acids is 1. The summed E-state index contributed by atoms with van der Waals surface area (Å²) in [4.78, 5) is 25.2. The Labute approximate surface area is 134 Å². The zero-order chi connectivity index (χ0) is 16.6. The number of carboxylic acids is 1. The van der Waals surface area contributed by atoms with E-state index in [-0.39, 0.29) is 23.5 Å². The molecule has 3 rings (SSSR count). The third-order valence-electron chi connectivity index (χ3n) is 4.49. The van der Waals surface area contributed by atoms with Crippen molar-refractivity contribution in [1.82, 2.24) is 4.90 Å². The molecular formula is C18H19NO4. The molecule has 2 heterocycles. The summed E-state index contributed by atoms with van der Waals surface area (Å²) in [6.45, 7) is 4.71. The Kier molecular flexibility index (Phi) is 3.94. The van der Waals surface area contributed by atoms with Crippen LogP contribution in [0.4, 0.5) is 0 Å². The van der Waals surface area contributed by atoms with Crippen LogP contribution in [0.5, 0.6) is 0 Å². The van der Waals surface area contributed by atoms with Crippen LogP contribution in [-0.4, -0.2) is 34.5 Å². The van der Waals surface area contributed by atoms with Gasteiger partial charge in [-0.3, -0.25) is 4.79 Å². The van der Waals surface area contributed by atoms with E-state index in [1.807, 2.05) is 19.1 Å². The molecule has 1 N–H and O–H groups in total. The molecule has 2 aromatic rings. The van der Waals surface area contributed by atoms with Gasteiger partial charge in [0.05, 0.1) is 0 Å². The van der Waals surface area contributed by atoms with Crippen LogP contribution in [0.2, 0.25) is 0 Å². The average Bonchev–Trinajstić information content (AvgIpc) is 3.14. The minimum atomic E-state index is -1.17. The van der Waals surface area contributed by atoms with Gasteiger partial charge in [0.2, 0.25) is 5.76 Å². The van der Waals surface area contributed by atoms with Gasteiger partial charge >= 0.3 is 5.97 Å². The molecule has 0 bridgehead atoms. The van der Waals surface area contributed by atoms with E-state index in [0.717, 1.165) is 6.42 Å². The first-order valence-electron chi connectivity index (χ1n) is 7.67. The van der Waals surface area contributed by atoms with Gasteiger partial charge in [-0.25, -0.2) is 4.79 Å². The van der Waals surface area contributed by atoms with Crippen molar-refractivity contribution in [2.24, 2.45) is 0 Å². The Hall–Kier alpha value is -2.56. The molecule has 1 aromatic heterocycles. The summed E-state index contributed by atoms with van der Waals surface area (Å²) in [6, 6.07) is 11.0. The smallest absolute Gasteiger partial charge is 0.371 e. The molecule has 120 valence electrons. The lowest BCUT2D eigenvalue weighted by Gasteiger charge is -2.20. The summed E-state index contributed by atoms with van der Waals surface area (Å²) in [5, 5.41) is 8.90. The van der Waals surface area contributed by atoms with Crippen molar-refractivity contribution in [3.63, 3.8) is 0 Å². The summed E-state index contributed by atoms with van der Waals surface area (Å²) in [6.07, 6.45) is 0.892. The molecule has 1 aromatic carbocycles. The lowest BCUT2D eigenvalue weighted by atomic mass is 9.93.